The lowest BCUT2D eigenvalue weighted by molar-refractivity contribution is 0.630. The van der Waals surface area contributed by atoms with Crippen molar-refractivity contribution in [3.63, 3.8) is 0 Å². The first-order valence-electron chi connectivity index (χ1n) is 8.57. The van der Waals surface area contributed by atoms with E-state index in [-0.39, 0.29) is 28.3 Å². The number of hydrogen-bond donors (Lipinski definition) is 3. The second-order valence-electron chi connectivity index (χ2n) is 5.90. The minimum atomic E-state index is -0.530. The van der Waals surface area contributed by atoms with Gasteiger partial charge in [-0.05, 0) is 24.6 Å². The third-order valence-corrected chi connectivity index (χ3v) is 4.02. The summed E-state index contributed by atoms with van der Waals surface area (Å²) in [4.78, 5) is 12.7. The van der Waals surface area contributed by atoms with Gasteiger partial charge in [-0.25, -0.2) is 9.82 Å². The summed E-state index contributed by atoms with van der Waals surface area (Å²) in [6.07, 6.45) is 1.63. The number of aryl methyl sites for hydroxylation is 1. The van der Waals surface area contributed by atoms with Crippen molar-refractivity contribution < 1.29 is 4.39 Å². The maximum Gasteiger partial charge on any atom is 0.248 e. The molecule has 0 amide bonds. The van der Waals surface area contributed by atoms with Crippen LogP contribution in [0.3, 0.4) is 0 Å². The fourth-order valence-electron chi connectivity index (χ4n) is 2.33. The zero-order valence-corrected chi connectivity index (χ0v) is 15.9. The molecular formula is C19H19ClFN7. The van der Waals surface area contributed by atoms with Gasteiger partial charge in [0.1, 0.15) is 5.82 Å². The van der Waals surface area contributed by atoms with Crippen molar-refractivity contribution in [2.24, 2.45) is 10.8 Å². The lowest BCUT2D eigenvalue weighted by Crippen LogP contribution is -2.16. The smallest absolute Gasteiger partial charge is 0.248 e. The minimum Gasteiger partial charge on any atom is -0.353 e. The van der Waals surface area contributed by atoms with Crippen LogP contribution in [0.4, 0.5) is 16.3 Å². The lowest BCUT2D eigenvalue weighted by Gasteiger charge is -2.09. The van der Waals surface area contributed by atoms with Crippen LogP contribution in [0.5, 0.6) is 0 Å². The van der Waals surface area contributed by atoms with Crippen LogP contribution in [-0.4, -0.2) is 34.3 Å². The zero-order chi connectivity index (χ0) is 19.9. The molecule has 0 aliphatic rings. The van der Waals surface area contributed by atoms with Crippen LogP contribution in [0.1, 0.15) is 11.1 Å². The van der Waals surface area contributed by atoms with Gasteiger partial charge in [-0.3, -0.25) is 0 Å². The minimum absolute atomic E-state index is 0.0886. The van der Waals surface area contributed by atoms with Crippen LogP contribution in [-0.2, 0) is 0 Å². The van der Waals surface area contributed by atoms with Gasteiger partial charge in [0.2, 0.25) is 11.9 Å². The van der Waals surface area contributed by atoms with Gasteiger partial charge in [0.05, 0.1) is 16.8 Å². The number of aromatic nitrogens is 3. The molecule has 0 atom stereocenters. The average molecular weight is 400 g/mol. The number of hydrogen-bond acceptors (Lipinski definition) is 7. The number of nitrogens with zero attached hydrogens (tertiary/aromatic N) is 4. The van der Waals surface area contributed by atoms with Crippen molar-refractivity contribution in [3.05, 3.63) is 64.4 Å². The van der Waals surface area contributed by atoms with Crippen LogP contribution in [0.15, 0.2) is 47.6 Å². The van der Waals surface area contributed by atoms with E-state index >= 15 is 0 Å². The Labute approximate surface area is 166 Å². The lowest BCUT2D eigenvalue weighted by atomic mass is 10.2. The molecule has 3 rings (SSSR count). The van der Waals surface area contributed by atoms with E-state index < -0.39 is 5.82 Å². The van der Waals surface area contributed by atoms with Crippen LogP contribution >= 0.6 is 11.6 Å². The Bertz CT molecular complexity index is 956. The number of benzene rings is 2. The Morgan fingerprint density at radius 3 is 2.57 bits per heavy atom. The number of halogens is 2. The predicted octanol–water partition coefficient (Wildman–Crippen LogP) is 3.46. The molecular weight excluding hydrogens is 381 g/mol. The summed E-state index contributed by atoms with van der Waals surface area (Å²) in [5.41, 5.74) is 10.4. The van der Waals surface area contributed by atoms with Crippen molar-refractivity contribution >= 4 is 29.7 Å². The molecule has 1 heterocycles. The fourth-order valence-corrected chi connectivity index (χ4v) is 2.58. The summed E-state index contributed by atoms with van der Waals surface area (Å²) in [5, 5.41) is 7.29. The van der Waals surface area contributed by atoms with Gasteiger partial charge < -0.3 is 11.1 Å². The third-order valence-electron chi connectivity index (χ3n) is 3.70. The number of hydrazone groups is 1. The molecule has 0 spiro atoms. The first-order valence-corrected chi connectivity index (χ1v) is 8.95. The molecule has 144 valence electrons. The molecule has 3 aromatic rings. The summed E-state index contributed by atoms with van der Waals surface area (Å²) < 4.78 is 14.3. The maximum atomic E-state index is 14.3. The van der Waals surface area contributed by atoms with E-state index in [4.69, 9.17) is 17.3 Å². The van der Waals surface area contributed by atoms with Gasteiger partial charge in [0.15, 0.2) is 5.82 Å². The van der Waals surface area contributed by atoms with Crippen molar-refractivity contribution in [2.75, 3.05) is 23.8 Å². The highest BCUT2D eigenvalue weighted by Gasteiger charge is 2.15. The highest BCUT2D eigenvalue weighted by atomic mass is 35.5. The van der Waals surface area contributed by atoms with E-state index in [2.05, 4.69) is 30.8 Å². The predicted molar refractivity (Wildman–Crippen MR) is 110 cm³/mol. The fraction of sp³-hybridized carbons (Fsp3) is 0.158. The van der Waals surface area contributed by atoms with Crippen molar-refractivity contribution in [1.82, 2.24) is 15.0 Å². The molecule has 0 bridgehead atoms. The Kier molecular flexibility index (Phi) is 6.46. The van der Waals surface area contributed by atoms with E-state index in [0.29, 0.717) is 13.1 Å². The topological polar surface area (TPSA) is 101 Å². The first-order chi connectivity index (χ1) is 13.6. The van der Waals surface area contributed by atoms with Gasteiger partial charge in [-0.1, -0.05) is 47.5 Å². The van der Waals surface area contributed by atoms with Crippen LogP contribution in [0.2, 0.25) is 5.02 Å². The molecule has 0 radical (unpaired) electrons. The van der Waals surface area contributed by atoms with Gasteiger partial charge in [-0.2, -0.15) is 20.1 Å². The molecule has 4 N–H and O–H groups in total. The molecule has 2 aromatic carbocycles. The molecule has 1 aromatic heterocycles. The molecule has 0 saturated heterocycles. The van der Waals surface area contributed by atoms with E-state index in [0.717, 1.165) is 11.1 Å². The highest BCUT2D eigenvalue weighted by molar-refractivity contribution is 6.33. The van der Waals surface area contributed by atoms with Crippen LogP contribution in [0.25, 0.3) is 11.4 Å². The third kappa shape index (κ3) is 4.99. The second kappa shape index (κ2) is 9.20. The van der Waals surface area contributed by atoms with Crippen molar-refractivity contribution in [3.8, 4) is 11.4 Å². The largest absolute Gasteiger partial charge is 0.353 e. The van der Waals surface area contributed by atoms with E-state index in [1.165, 1.54) is 12.1 Å². The number of anilines is 2. The van der Waals surface area contributed by atoms with Crippen LogP contribution < -0.4 is 16.5 Å². The molecule has 0 unspecified atom stereocenters. The summed E-state index contributed by atoms with van der Waals surface area (Å²) >= 11 is 6.14. The Balaban J connectivity index is 1.90. The maximum absolute atomic E-state index is 14.3. The molecule has 0 fully saturated rings. The molecule has 0 aliphatic carbocycles. The summed E-state index contributed by atoms with van der Waals surface area (Å²) in [6.45, 7) is 2.84. The van der Waals surface area contributed by atoms with E-state index in [1.54, 1.807) is 12.3 Å². The van der Waals surface area contributed by atoms with E-state index in [1.807, 2.05) is 31.2 Å². The average Bonchev–Trinajstić information content (AvgIpc) is 2.68. The Morgan fingerprint density at radius 1 is 1.11 bits per heavy atom. The number of rotatable bonds is 7. The van der Waals surface area contributed by atoms with Gasteiger partial charge in [0.25, 0.3) is 0 Å². The zero-order valence-electron chi connectivity index (χ0n) is 15.2. The highest BCUT2D eigenvalue weighted by Crippen LogP contribution is 2.29. The number of nitrogens with two attached hydrogens (primary N) is 1. The monoisotopic (exact) mass is 399 g/mol. The SMILES string of the molecule is Cc1ccc(C=NNc2nc(NCCN)nc(-c3c(F)cccc3Cl)n2)cc1. The van der Waals surface area contributed by atoms with Crippen molar-refractivity contribution in [2.45, 2.75) is 6.92 Å². The Hall–Kier alpha value is -3.10. The van der Waals surface area contributed by atoms with Gasteiger partial charge in [-0.15, -0.1) is 0 Å². The molecule has 9 heteroatoms. The van der Waals surface area contributed by atoms with E-state index in [9.17, 15) is 4.39 Å². The van der Waals surface area contributed by atoms with Crippen molar-refractivity contribution in [1.29, 1.82) is 0 Å². The first kappa shape index (κ1) is 19.7. The molecule has 0 saturated carbocycles. The molecule has 0 aliphatic heterocycles. The van der Waals surface area contributed by atoms with Crippen LogP contribution in [0, 0.1) is 12.7 Å². The second-order valence-corrected chi connectivity index (χ2v) is 6.31. The molecule has 7 nitrogen and oxygen atoms in total. The number of nitrogens with one attached hydrogen (secondary N) is 2. The summed E-state index contributed by atoms with van der Waals surface area (Å²) in [7, 11) is 0. The molecule has 28 heavy (non-hydrogen) atoms. The standard InChI is InChI=1S/C19H19ClFN7/c1-12-5-7-13(8-6-12)11-24-28-19-26-17(25-18(27-19)23-10-9-22)16-14(20)3-2-4-15(16)21/h2-8,11H,9-10,22H2,1H3,(H2,23,25,26,27,28). The summed E-state index contributed by atoms with van der Waals surface area (Å²) in [5.74, 6) is -0.0572. The quantitative estimate of drug-likeness (QED) is 0.415. The summed E-state index contributed by atoms with van der Waals surface area (Å²) in [6, 6.07) is 12.2. The van der Waals surface area contributed by atoms with Gasteiger partial charge >= 0.3 is 0 Å². The van der Waals surface area contributed by atoms with Gasteiger partial charge in [0, 0.05) is 13.1 Å². The Morgan fingerprint density at radius 2 is 1.86 bits per heavy atom. The normalized spacial score (nSPS) is 11.0.